The summed E-state index contributed by atoms with van der Waals surface area (Å²) in [4.78, 5) is 23.3. The maximum absolute atomic E-state index is 12.6. The second-order valence-electron chi connectivity index (χ2n) is 9.25. The quantitative estimate of drug-likeness (QED) is 0.661. The number of carbonyl (C=O) groups excluding carboxylic acids is 1. The normalized spacial score (nSPS) is 22.8. The molecule has 2 aliphatic heterocycles. The SMILES string of the molecule is Cc1cnc(Nc2cnn(C3CCC3)c2)nc1C1=CC2CCC(C1)N2C(=O)CCC(F)(F)F. The van der Waals surface area contributed by atoms with E-state index in [9.17, 15) is 18.0 Å². The summed E-state index contributed by atoms with van der Waals surface area (Å²) in [6.07, 6.45) is 7.31. The van der Waals surface area contributed by atoms with Gasteiger partial charge in [-0.05, 0) is 56.6 Å². The van der Waals surface area contributed by atoms with Crippen LogP contribution in [-0.4, -0.2) is 48.8 Å². The van der Waals surface area contributed by atoms with E-state index in [1.807, 2.05) is 23.9 Å². The van der Waals surface area contributed by atoms with Gasteiger partial charge in [0, 0.05) is 24.9 Å². The maximum atomic E-state index is 12.6. The lowest BCUT2D eigenvalue weighted by Gasteiger charge is -2.34. The first kappa shape index (κ1) is 21.9. The van der Waals surface area contributed by atoms with Crippen molar-refractivity contribution in [3.63, 3.8) is 0 Å². The predicted octanol–water partition coefficient (Wildman–Crippen LogP) is 4.94. The molecule has 3 aliphatic rings. The summed E-state index contributed by atoms with van der Waals surface area (Å²) in [5.41, 5.74) is 3.60. The van der Waals surface area contributed by atoms with Gasteiger partial charge in [0.15, 0.2) is 0 Å². The highest BCUT2D eigenvalue weighted by Crippen LogP contribution is 2.40. The lowest BCUT2D eigenvalue weighted by atomic mass is 9.93. The van der Waals surface area contributed by atoms with Gasteiger partial charge in [-0.1, -0.05) is 6.08 Å². The first-order chi connectivity index (χ1) is 15.8. The Morgan fingerprint density at radius 1 is 1.18 bits per heavy atom. The van der Waals surface area contributed by atoms with Crippen LogP contribution in [0.5, 0.6) is 0 Å². The monoisotopic (exact) mass is 460 g/mol. The highest BCUT2D eigenvalue weighted by molar-refractivity contribution is 5.80. The fourth-order valence-corrected chi connectivity index (χ4v) is 4.98. The number of fused-ring (bicyclic) bond motifs is 2. The van der Waals surface area contributed by atoms with Crippen LogP contribution in [0.2, 0.25) is 0 Å². The summed E-state index contributed by atoms with van der Waals surface area (Å²) in [5, 5.41) is 7.65. The second-order valence-corrected chi connectivity index (χ2v) is 9.25. The van der Waals surface area contributed by atoms with Crippen LogP contribution in [0.1, 0.15) is 68.7 Å². The molecule has 10 heteroatoms. The summed E-state index contributed by atoms with van der Waals surface area (Å²) in [7, 11) is 0. The molecule has 2 aromatic heterocycles. The number of alkyl halides is 3. The molecule has 2 bridgehead atoms. The minimum Gasteiger partial charge on any atom is -0.333 e. The molecule has 1 aliphatic carbocycles. The molecule has 2 fully saturated rings. The van der Waals surface area contributed by atoms with Gasteiger partial charge in [-0.2, -0.15) is 18.3 Å². The fourth-order valence-electron chi connectivity index (χ4n) is 4.98. The first-order valence-corrected chi connectivity index (χ1v) is 11.5. The Kier molecular flexibility index (Phi) is 5.62. The number of nitrogens with zero attached hydrogens (tertiary/aromatic N) is 5. The smallest absolute Gasteiger partial charge is 0.333 e. The number of hydrogen-bond acceptors (Lipinski definition) is 5. The predicted molar refractivity (Wildman–Crippen MR) is 117 cm³/mol. The van der Waals surface area contributed by atoms with Crippen molar-refractivity contribution in [1.29, 1.82) is 0 Å². The number of amides is 1. The molecule has 0 radical (unpaired) electrons. The van der Waals surface area contributed by atoms with E-state index in [4.69, 9.17) is 4.98 Å². The van der Waals surface area contributed by atoms with E-state index >= 15 is 0 Å². The lowest BCUT2D eigenvalue weighted by Crippen LogP contribution is -2.43. The van der Waals surface area contributed by atoms with Crippen molar-refractivity contribution in [2.24, 2.45) is 0 Å². The summed E-state index contributed by atoms with van der Waals surface area (Å²) < 4.78 is 39.7. The summed E-state index contributed by atoms with van der Waals surface area (Å²) in [6.45, 7) is 1.94. The molecule has 176 valence electrons. The molecule has 2 aromatic rings. The Morgan fingerprint density at radius 2 is 2.00 bits per heavy atom. The van der Waals surface area contributed by atoms with Crippen molar-refractivity contribution in [3.8, 4) is 0 Å². The highest BCUT2D eigenvalue weighted by atomic mass is 19.4. The number of halogens is 3. The van der Waals surface area contributed by atoms with Gasteiger partial charge in [-0.15, -0.1) is 0 Å². The molecule has 2 unspecified atom stereocenters. The molecular weight excluding hydrogens is 433 g/mol. The van der Waals surface area contributed by atoms with E-state index in [1.54, 1.807) is 17.3 Å². The van der Waals surface area contributed by atoms with Gasteiger partial charge in [0.2, 0.25) is 11.9 Å². The highest BCUT2D eigenvalue weighted by Gasteiger charge is 2.41. The largest absolute Gasteiger partial charge is 0.389 e. The summed E-state index contributed by atoms with van der Waals surface area (Å²) in [6, 6.07) is 0.216. The zero-order chi connectivity index (χ0) is 23.2. The van der Waals surface area contributed by atoms with Crippen LogP contribution >= 0.6 is 0 Å². The average molecular weight is 461 g/mol. The van der Waals surface area contributed by atoms with Crippen LogP contribution < -0.4 is 5.32 Å². The molecule has 0 aromatic carbocycles. The molecule has 33 heavy (non-hydrogen) atoms. The van der Waals surface area contributed by atoms with Crippen LogP contribution in [0.25, 0.3) is 5.57 Å². The Hall–Kier alpha value is -2.91. The minimum atomic E-state index is -4.32. The third kappa shape index (κ3) is 4.60. The van der Waals surface area contributed by atoms with E-state index in [2.05, 4.69) is 15.4 Å². The molecule has 4 heterocycles. The van der Waals surface area contributed by atoms with E-state index < -0.39 is 24.9 Å². The number of carbonyl (C=O) groups is 1. The Bertz CT molecular complexity index is 1070. The topological polar surface area (TPSA) is 75.9 Å². The van der Waals surface area contributed by atoms with E-state index in [0.717, 1.165) is 48.2 Å². The van der Waals surface area contributed by atoms with Gasteiger partial charge in [0.25, 0.3) is 0 Å². The van der Waals surface area contributed by atoms with Crippen molar-refractivity contribution in [1.82, 2.24) is 24.6 Å². The number of aromatic nitrogens is 4. The standard InChI is InChI=1S/C23H27F3N6O/c1-14-11-27-22(29-16-12-28-31(13-16)17-3-2-4-17)30-21(14)15-9-18-5-6-19(10-15)32(18)20(33)7-8-23(24,25)26/h9,11-13,17-19H,2-8,10H2,1H3,(H,27,29,30). The van der Waals surface area contributed by atoms with Crippen LogP contribution in [0.15, 0.2) is 24.7 Å². The van der Waals surface area contributed by atoms with Gasteiger partial charge in [0.1, 0.15) is 0 Å². The molecule has 1 saturated heterocycles. The Balaban J connectivity index is 1.31. The summed E-state index contributed by atoms with van der Waals surface area (Å²) in [5.74, 6) is 0.0565. The number of nitrogens with one attached hydrogen (secondary N) is 1. The minimum absolute atomic E-state index is 0.0813. The molecule has 7 nitrogen and oxygen atoms in total. The average Bonchev–Trinajstić information content (AvgIpc) is 3.27. The third-order valence-corrected chi connectivity index (χ3v) is 6.89. The fraction of sp³-hybridized carbons (Fsp3) is 0.565. The Labute approximate surface area is 190 Å². The van der Waals surface area contributed by atoms with Crippen LogP contribution in [-0.2, 0) is 4.79 Å². The maximum Gasteiger partial charge on any atom is 0.389 e. The molecule has 0 spiro atoms. The van der Waals surface area contributed by atoms with Gasteiger partial charge >= 0.3 is 6.18 Å². The van der Waals surface area contributed by atoms with Gasteiger partial charge in [-0.25, -0.2) is 9.97 Å². The van der Waals surface area contributed by atoms with E-state index in [-0.39, 0.29) is 12.1 Å². The van der Waals surface area contributed by atoms with Crippen molar-refractivity contribution >= 4 is 23.1 Å². The molecule has 2 atom stereocenters. The number of hydrogen-bond donors (Lipinski definition) is 1. The van der Waals surface area contributed by atoms with Crippen molar-refractivity contribution in [2.45, 2.75) is 82.6 Å². The van der Waals surface area contributed by atoms with Crippen LogP contribution in [0.3, 0.4) is 0 Å². The second kappa shape index (κ2) is 8.46. The number of aryl methyl sites for hydroxylation is 1. The van der Waals surface area contributed by atoms with Crippen molar-refractivity contribution in [2.75, 3.05) is 5.32 Å². The zero-order valence-electron chi connectivity index (χ0n) is 18.5. The van der Waals surface area contributed by atoms with Gasteiger partial charge in [-0.3, -0.25) is 9.48 Å². The molecule has 1 saturated carbocycles. The van der Waals surface area contributed by atoms with Gasteiger partial charge in [0.05, 0.1) is 36.1 Å². The van der Waals surface area contributed by atoms with E-state index in [1.165, 1.54) is 6.42 Å². The van der Waals surface area contributed by atoms with Crippen LogP contribution in [0.4, 0.5) is 24.8 Å². The lowest BCUT2D eigenvalue weighted by molar-refractivity contribution is -0.150. The number of anilines is 2. The first-order valence-electron chi connectivity index (χ1n) is 11.5. The third-order valence-electron chi connectivity index (χ3n) is 6.89. The molecular formula is C23H27F3N6O. The zero-order valence-corrected chi connectivity index (χ0v) is 18.5. The van der Waals surface area contributed by atoms with Crippen molar-refractivity contribution < 1.29 is 18.0 Å². The Morgan fingerprint density at radius 3 is 2.70 bits per heavy atom. The molecule has 1 amide bonds. The molecule has 1 N–H and O–H groups in total. The van der Waals surface area contributed by atoms with E-state index in [0.29, 0.717) is 18.4 Å². The van der Waals surface area contributed by atoms with Crippen LogP contribution in [0, 0.1) is 6.92 Å². The molecule has 5 rings (SSSR count). The van der Waals surface area contributed by atoms with Crippen molar-refractivity contribution in [3.05, 3.63) is 35.9 Å². The van der Waals surface area contributed by atoms with Gasteiger partial charge < -0.3 is 10.2 Å². The number of rotatable bonds is 6. The summed E-state index contributed by atoms with van der Waals surface area (Å²) >= 11 is 0.